The number of ether oxygens (including phenoxy) is 1. The lowest BCUT2D eigenvalue weighted by atomic mass is 10.2. The van der Waals surface area contributed by atoms with Crippen LogP contribution < -0.4 is 9.84 Å². The molecule has 1 heterocycles. The Bertz CT molecular complexity index is 733. The number of carbonyl (C=O) groups is 1. The number of hydrogen-bond donors (Lipinski definition) is 0. The fourth-order valence-electron chi connectivity index (χ4n) is 1.86. The van der Waals surface area contributed by atoms with Crippen molar-refractivity contribution in [2.24, 2.45) is 0 Å². The van der Waals surface area contributed by atoms with Crippen LogP contribution in [0.3, 0.4) is 0 Å². The molecule has 0 radical (unpaired) electrons. The van der Waals surface area contributed by atoms with E-state index in [-0.39, 0.29) is 0 Å². The molecular formula is C15H10NO3S-. The lowest BCUT2D eigenvalue weighted by Crippen LogP contribution is -2.28. The number of fused-ring (bicyclic) bond motifs is 1. The molecule has 100 valence electrons. The maximum absolute atomic E-state index is 10.4. The van der Waals surface area contributed by atoms with Gasteiger partial charge in [0.25, 0.3) is 0 Å². The minimum atomic E-state index is -1.24. The first-order valence-corrected chi connectivity index (χ1v) is 6.83. The Balaban J connectivity index is 1.93. The van der Waals surface area contributed by atoms with Gasteiger partial charge in [-0.25, -0.2) is 4.98 Å². The zero-order valence-electron chi connectivity index (χ0n) is 10.4. The fourth-order valence-corrected chi connectivity index (χ4v) is 2.82. The van der Waals surface area contributed by atoms with Crippen molar-refractivity contribution in [1.82, 2.24) is 4.98 Å². The van der Waals surface area contributed by atoms with Gasteiger partial charge in [-0.3, -0.25) is 0 Å². The van der Waals surface area contributed by atoms with Gasteiger partial charge in [-0.2, -0.15) is 0 Å². The number of carbonyl (C=O) groups excluding carboxylic acids is 1. The number of para-hydroxylation sites is 1. The van der Waals surface area contributed by atoms with Gasteiger partial charge in [-0.05, 0) is 24.3 Å². The number of aliphatic carboxylic acids is 1. The van der Waals surface area contributed by atoms with Crippen molar-refractivity contribution in [3.05, 3.63) is 48.5 Å². The molecule has 0 bridgehead atoms. The van der Waals surface area contributed by atoms with E-state index < -0.39 is 12.6 Å². The predicted octanol–water partition coefficient (Wildman–Crippen LogP) is 2.09. The van der Waals surface area contributed by atoms with E-state index in [1.807, 2.05) is 36.4 Å². The van der Waals surface area contributed by atoms with Crippen LogP contribution in [0.5, 0.6) is 5.75 Å². The van der Waals surface area contributed by atoms with Crippen molar-refractivity contribution in [2.45, 2.75) is 0 Å². The van der Waals surface area contributed by atoms with Crippen LogP contribution >= 0.6 is 11.3 Å². The summed E-state index contributed by atoms with van der Waals surface area (Å²) in [4.78, 5) is 15.0. The number of thiazole rings is 1. The molecule has 0 aliphatic carbocycles. The molecule has 0 saturated carbocycles. The molecule has 20 heavy (non-hydrogen) atoms. The minimum Gasteiger partial charge on any atom is -0.546 e. The second-order valence-corrected chi connectivity index (χ2v) is 5.21. The third-order valence-electron chi connectivity index (χ3n) is 2.73. The summed E-state index contributed by atoms with van der Waals surface area (Å²) in [6.07, 6.45) is 0. The Hall–Kier alpha value is -2.40. The Morgan fingerprint density at radius 1 is 1.20 bits per heavy atom. The molecule has 0 amide bonds. The van der Waals surface area contributed by atoms with Crippen LogP contribution in [0.4, 0.5) is 0 Å². The van der Waals surface area contributed by atoms with Gasteiger partial charge in [0.2, 0.25) is 0 Å². The quantitative estimate of drug-likeness (QED) is 0.736. The molecule has 0 spiro atoms. The summed E-state index contributed by atoms with van der Waals surface area (Å²) < 4.78 is 6.23. The molecule has 0 unspecified atom stereocenters. The topological polar surface area (TPSA) is 62.2 Å². The van der Waals surface area contributed by atoms with Crippen LogP contribution in [-0.2, 0) is 4.79 Å². The molecular weight excluding hydrogens is 274 g/mol. The smallest absolute Gasteiger partial charge is 0.128 e. The molecule has 0 N–H and O–H groups in total. The maximum atomic E-state index is 10.4. The molecule has 0 fully saturated rings. The third-order valence-corrected chi connectivity index (χ3v) is 3.82. The van der Waals surface area contributed by atoms with Gasteiger partial charge in [-0.1, -0.05) is 24.3 Å². The number of carboxylic acid groups (broad SMARTS) is 1. The standard InChI is InChI=1S/C15H11NO3S/c17-14(18)9-19-11-5-3-4-10(8-11)15-16-12-6-1-2-7-13(12)20-15/h1-8H,9H2,(H,17,18)/p-1. The van der Waals surface area contributed by atoms with Crippen molar-refractivity contribution in [3.8, 4) is 16.3 Å². The van der Waals surface area contributed by atoms with Crippen molar-refractivity contribution in [2.75, 3.05) is 6.61 Å². The molecule has 0 aliphatic heterocycles. The lowest BCUT2D eigenvalue weighted by molar-refractivity contribution is -0.307. The largest absolute Gasteiger partial charge is 0.546 e. The van der Waals surface area contributed by atoms with Gasteiger partial charge in [0.15, 0.2) is 0 Å². The summed E-state index contributed by atoms with van der Waals surface area (Å²) >= 11 is 1.59. The number of carboxylic acids is 1. The van der Waals surface area contributed by atoms with Crippen molar-refractivity contribution >= 4 is 27.5 Å². The van der Waals surface area contributed by atoms with E-state index in [4.69, 9.17) is 4.74 Å². The maximum Gasteiger partial charge on any atom is 0.128 e. The Labute approximate surface area is 119 Å². The number of nitrogens with zero attached hydrogens (tertiary/aromatic N) is 1. The SMILES string of the molecule is O=C([O-])COc1cccc(-c2nc3ccccc3s2)c1. The van der Waals surface area contributed by atoms with Gasteiger partial charge < -0.3 is 14.6 Å². The van der Waals surface area contributed by atoms with Crippen LogP contribution in [0.2, 0.25) is 0 Å². The summed E-state index contributed by atoms with van der Waals surface area (Å²) in [6.45, 7) is -0.455. The summed E-state index contributed by atoms with van der Waals surface area (Å²) in [6, 6.07) is 15.1. The predicted molar refractivity (Wildman–Crippen MR) is 75.6 cm³/mol. The van der Waals surface area contributed by atoms with Crippen LogP contribution in [0.25, 0.3) is 20.8 Å². The summed E-state index contributed by atoms with van der Waals surface area (Å²) in [5.74, 6) is -0.749. The van der Waals surface area contributed by atoms with Crippen LogP contribution in [0, 0.1) is 0 Å². The van der Waals surface area contributed by atoms with Crippen molar-refractivity contribution < 1.29 is 14.6 Å². The molecule has 4 nitrogen and oxygen atoms in total. The molecule has 1 aromatic heterocycles. The first-order chi connectivity index (χ1) is 9.72. The normalized spacial score (nSPS) is 10.6. The Morgan fingerprint density at radius 2 is 2.05 bits per heavy atom. The Kier molecular flexibility index (Phi) is 3.35. The highest BCUT2D eigenvalue weighted by Gasteiger charge is 2.06. The minimum absolute atomic E-state index is 0.455. The molecule has 0 saturated heterocycles. The number of hydrogen-bond acceptors (Lipinski definition) is 5. The summed E-state index contributed by atoms with van der Waals surface area (Å²) in [5.41, 5.74) is 1.86. The van der Waals surface area contributed by atoms with E-state index >= 15 is 0 Å². The van der Waals surface area contributed by atoms with Crippen molar-refractivity contribution in [3.63, 3.8) is 0 Å². The summed E-state index contributed by atoms with van der Waals surface area (Å²) in [5, 5.41) is 11.3. The fraction of sp³-hybridized carbons (Fsp3) is 0.0667. The molecule has 3 aromatic rings. The van der Waals surface area contributed by atoms with Crippen LogP contribution in [0.1, 0.15) is 0 Å². The van der Waals surface area contributed by atoms with E-state index in [9.17, 15) is 9.90 Å². The van der Waals surface area contributed by atoms with Crippen LogP contribution in [-0.4, -0.2) is 17.6 Å². The van der Waals surface area contributed by atoms with Gasteiger partial charge in [0.1, 0.15) is 17.4 Å². The molecule has 2 aromatic carbocycles. The zero-order chi connectivity index (χ0) is 13.9. The lowest BCUT2D eigenvalue weighted by Gasteiger charge is -2.07. The number of aromatic nitrogens is 1. The molecule has 5 heteroatoms. The van der Waals surface area contributed by atoms with E-state index in [0.717, 1.165) is 20.8 Å². The van der Waals surface area contributed by atoms with E-state index in [0.29, 0.717) is 5.75 Å². The van der Waals surface area contributed by atoms with Crippen molar-refractivity contribution in [1.29, 1.82) is 0 Å². The highest BCUT2D eigenvalue weighted by Crippen LogP contribution is 2.31. The summed E-state index contributed by atoms with van der Waals surface area (Å²) in [7, 11) is 0. The first-order valence-electron chi connectivity index (χ1n) is 6.01. The van der Waals surface area contributed by atoms with Gasteiger partial charge in [-0.15, -0.1) is 11.3 Å². The third kappa shape index (κ3) is 2.62. The highest BCUT2D eigenvalue weighted by atomic mass is 32.1. The number of benzene rings is 2. The van der Waals surface area contributed by atoms with Gasteiger partial charge in [0, 0.05) is 5.56 Å². The van der Waals surface area contributed by atoms with E-state index in [2.05, 4.69) is 4.98 Å². The van der Waals surface area contributed by atoms with Gasteiger partial charge >= 0.3 is 0 Å². The van der Waals surface area contributed by atoms with E-state index in [1.165, 1.54) is 0 Å². The van der Waals surface area contributed by atoms with Gasteiger partial charge in [0.05, 0.1) is 16.2 Å². The second-order valence-electron chi connectivity index (χ2n) is 4.18. The average Bonchev–Trinajstić information content (AvgIpc) is 2.89. The highest BCUT2D eigenvalue weighted by molar-refractivity contribution is 7.21. The average molecular weight is 284 g/mol. The Morgan fingerprint density at radius 3 is 2.85 bits per heavy atom. The number of rotatable bonds is 4. The van der Waals surface area contributed by atoms with E-state index in [1.54, 1.807) is 23.5 Å². The second kappa shape index (κ2) is 5.30. The zero-order valence-corrected chi connectivity index (χ0v) is 11.2. The monoisotopic (exact) mass is 284 g/mol. The molecule has 0 atom stereocenters. The van der Waals surface area contributed by atoms with Crippen LogP contribution in [0.15, 0.2) is 48.5 Å². The molecule has 3 rings (SSSR count). The first kappa shape index (κ1) is 12.6. The molecule has 0 aliphatic rings.